The number of carbonyl (C=O) groups excluding carboxylic acids is 1. The van der Waals surface area contributed by atoms with Gasteiger partial charge in [0, 0.05) is 0 Å². The molecule has 9 heteroatoms. The maximum absolute atomic E-state index is 12.7. The van der Waals surface area contributed by atoms with E-state index in [2.05, 4.69) is 0 Å². The van der Waals surface area contributed by atoms with E-state index >= 15 is 0 Å². The Morgan fingerprint density at radius 1 is 0.643 bits per heavy atom. The molecule has 28 heavy (non-hydrogen) atoms. The van der Waals surface area contributed by atoms with Crippen LogP contribution in [0, 0.1) is 0 Å². The van der Waals surface area contributed by atoms with Crippen molar-refractivity contribution in [2.45, 2.75) is 0 Å². The predicted molar refractivity (Wildman–Crippen MR) is 97.6 cm³/mol. The van der Waals surface area contributed by atoms with E-state index in [1.807, 2.05) is 0 Å². The van der Waals surface area contributed by atoms with Gasteiger partial charge in [-0.15, -0.1) is 0 Å². The largest absolute Gasteiger partial charge is 0.493 e. The molecule has 0 fully saturated rings. The topological polar surface area (TPSA) is 110 Å². The van der Waals surface area contributed by atoms with Gasteiger partial charge in [0.25, 0.3) is 0 Å². The summed E-state index contributed by atoms with van der Waals surface area (Å²) < 4.78 is 31.4. The van der Waals surface area contributed by atoms with E-state index in [0.29, 0.717) is 5.75 Å². The SMILES string of the molecule is COc1cc(C(=O)Oc2c(OC)cc(C(=O)O)cc2OC)cc(OC)c1OC. The number of hydrogen-bond donors (Lipinski definition) is 1. The third-order valence-electron chi connectivity index (χ3n) is 3.80. The van der Waals surface area contributed by atoms with Crippen molar-refractivity contribution in [2.75, 3.05) is 35.5 Å². The molecule has 9 nitrogen and oxygen atoms in total. The lowest BCUT2D eigenvalue weighted by Crippen LogP contribution is -2.12. The molecule has 0 bridgehead atoms. The number of carbonyl (C=O) groups is 2. The number of carboxylic acids is 1. The van der Waals surface area contributed by atoms with Crippen molar-refractivity contribution in [1.82, 2.24) is 0 Å². The van der Waals surface area contributed by atoms with Gasteiger partial charge in [-0.1, -0.05) is 0 Å². The van der Waals surface area contributed by atoms with Crippen LogP contribution in [0.3, 0.4) is 0 Å². The number of rotatable bonds is 8. The lowest BCUT2D eigenvalue weighted by molar-refractivity contribution is 0.0696. The number of benzene rings is 2. The number of esters is 1. The maximum Gasteiger partial charge on any atom is 0.344 e. The number of aromatic carboxylic acids is 1. The molecule has 0 heterocycles. The summed E-state index contributed by atoms with van der Waals surface area (Å²) in [6.45, 7) is 0. The van der Waals surface area contributed by atoms with Crippen LogP contribution in [0.5, 0.6) is 34.5 Å². The average molecular weight is 392 g/mol. The van der Waals surface area contributed by atoms with Gasteiger partial charge in [-0.2, -0.15) is 0 Å². The minimum atomic E-state index is -1.18. The van der Waals surface area contributed by atoms with E-state index in [9.17, 15) is 14.7 Å². The van der Waals surface area contributed by atoms with Crippen LogP contribution in [-0.2, 0) is 0 Å². The Hall–Kier alpha value is -3.62. The normalized spacial score (nSPS) is 10.0. The number of ether oxygens (including phenoxy) is 6. The lowest BCUT2D eigenvalue weighted by atomic mass is 10.1. The van der Waals surface area contributed by atoms with E-state index in [4.69, 9.17) is 28.4 Å². The molecule has 2 aromatic carbocycles. The Labute approximate surface area is 161 Å². The van der Waals surface area contributed by atoms with Gasteiger partial charge in [-0.05, 0) is 24.3 Å². The first kappa shape index (κ1) is 20.7. The van der Waals surface area contributed by atoms with Crippen LogP contribution in [0.25, 0.3) is 0 Å². The molecular formula is C19H20O9. The minimum Gasteiger partial charge on any atom is -0.493 e. The predicted octanol–water partition coefficient (Wildman–Crippen LogP) is 2.65. The third kappa shape index (κ3) is 4.03. The highest BCUT2D eigenvalue weighted by molar-refractivity contribution is 5.94. The van der Waals surface area contributed by atoms with Crippen molar-refractivity contribution >= 4 is 11.9 Å². The first-order valence-electron chi connectivity index (χ1n) is 7.91. The molecule has 0 unspecified atom stereocenters. The van der Waals surface area contributed by atoms with Gasteiger partial charge in [0.05, 0.1) is 46.7 Å². The van der Waals surface area contributed by atoms with Crippen LogP contribution in [0.15, 0.2) is 24.3 Å². The van der Waals surface area contributed by atoms with Gasteiger partial charge in [-0.3, -0.25) is 0 Å². The summed E-state index contributed by atoms with van der Waals surface area (Å²) in [5.74, 6) is -1.09. The molecule has 0 aliphatic heterocycles. The number of carboxylic acid groups (broad SMARTS) is 1. The summed E-state index contributed by atoms with van der Waals surface area (Å²) in [4.78, 5) is 23.9. The summed E-state index contributed by atoms with van der Waals surface area (Å²) in [6, 6.07) is 5.30. The van der Waals surface area contributed by atoms with Gasteiger partial charge >= 0.3 is 11.9 Å². The zero-order valence-corrected chi connectivity index (χ0v) is 16.0. The molecule has 150 valence electrons. The van der Waals surface area contributed by atoms with Gasteiger partial charge in [0.2, 0.25) is 11.5 Å². The van der Waals surface area contributed by atoms with Crippen molar-refractivity contribution in [2.24, 2.45) is 0 Å². The van der Waals surface area contributed by atoms with Crippen molar-refractivity contribution in [1.29, 1.82) is 0 Å². The summed E-state index contributed by atoms with van der Waals surface area (Å²) in [6.07, 6.45) is 0. The van der Waals surface area contributed by atoms with Crippen LogP contribution in [0.2, 0.25) is 0 Å². The molecule has 1 N–H and O–H groups in total. The van der Waals surface area contributed by atoms with Crippen LogP contribution in [0.4, 0.5) is 0 Å². The Kier molecular flexibility index (Phi) is 6.54. The highest BCUT2D eigenvalue weighted by atomic mass is 16.6. The molecule has 0 atom stereocenters. The second kappa shape index (κ2) is 8.85. The highest BCUT2D eigenvalue weighted by Crippen LogP contribution is 2.41. The van der Waals surface area contributed by atoms with E-state index < -0.39 is 11.9 Å². The Morgan fingerprint density at radius 2 is 1.04 bits per heavy atom. The molecule has 0 saturated carbocycles. The molecule has 2 aromatic rings. The van der Waals surface area contributed by atoms with Gasteiger partial charge in [0.15, 0.2) is 23.0 Å². The fourth-order valence-corrected chi connectivity index (χ4v) is 2.45. The van der Waals surface area contributed by atoms with Crippen molar-refractivity contribution in [3.63, 3.8) is 0 Å². The van der Waals surface area contributed by atoms with Crippen LogP contribution in [-0.4, -0.2) is 52.6 Å². The third-order valence-corrected chi connectivity index (χ3v) is 3.80. The lowest BCUT2D eigenvalue weighted by Gasteiger charge is -2.16. The Balaban J connectivity index is 2.49. The van der Waals surface area contributed by atoms with Crippen molar-refractivity contribution in [3.05, 3.63) is 35.4 Å². The van der Waals surface area contributed by atoms with Gasteiger partial charge < -0.3 is 33.5 Å². The van der Waals surface area contributed by atoms with Gasteiger partial charge in [-0.25, -0.2) is 9.59 Å². The standard InChI is InChI=1S/C19H20O9/c1-23-12-8-11(9-13(24-2)16(12)27-5)19(22)28-17-14(25-3)6-10(18(20)21)7-15(17)26-4/h6-9H,1-5H3,(H,20,21). The van der Waals surface area contributed by atoms with E-state index in [1.54, 1.807) is 0 Å². The van der Waals surface area contributed by atoms with Crippen LogP contribution >= 0.6 is 0 Å². The highest BCUT2D eigenvalue weighted by Gasteiger charge is 2.23. The smallest absolute Gasteiger partial charge is 0.344 e. The monoisotopic (exact) mass is 392 g/mol. The second-order valence-corrected chi connectivity index (χ2v) is 5.32. The summed E-state index contributed by atoms with van der Waals surface area (Å²) in [7, 11) is 6.92. The Morgan fingerprint density at radius 3 is 1.39 bits per heavy atom. The molecule has 0 amide bonds. The second-order valence-electron chi connectivity index (χ2n) is 5.32. The van der Waals surface area contributed by atoms with Gasteiger partial charge in [0.1, 0.15) is 0 Å². The van der Waals surface area contributed by atoms with Crippen molar-refractivity contribution in [3.8, 4) is 34.5 Å². The number of hydrogen-bond acceptors (Lipinski definition) is 8. The summed E-state index contributed by atoms with van der Waals surface area (Å²) in [5.41, 5.74) is 0.0298. The molecule has 0 radical (unpaired) electrons. The first-order chi connectivity index (χ1) is 13.4. The van der Waals surface area contributed by atoms with E-state index in [1.165, 1.54) is 59.8 Å². The molecular weight excluding hydrogens is 372 g/mol. The molecule has 2 rings (SSSR count). The Bertz CT molecular complexity index is 839. The zero-order chi connectivity index (χ0) is 20.8. The summed E-state index contributed by atoms with van der Waals surface area (Å²) >= 11 is 0. The van der Waals surface area contributed by atoms with E-state index in [0.717, 1.165) is 0 Å². The molecule has 0 aliphatic rings. The average Bonchev–Trinajstić information content (AvgIpc) is 2.71. The minimum absolute atomic E-state index is 0.0255. The first-order valence-corrected chi connectivity index (χ1v) is 7.91. The molecule has 0 aromatic heterocycles. The molecule has 0 saturated heterocycles. The van der Waals surface area contributed by atoms with Crippen molar-refractivity contribution < 1.29 is 43.1 Å². The number of methoxy groups -OCH3 is 5. The quantitative estimate of drug-likeness (QED) is 0.535. The molecule has 0 aliphatic carbocycles. The maximum atomic E-state index is 12.7. The molecule has 0 spiro atoms. The van der Waals surface area contributed by atoms with Crippen LogP contribution < -0.4 is 28.4 Å². The van der Waals surface area contributed by atoms with Crippen LogP contribution in [0.1, 0.15) is 20.7 Å². The zero-order valence-electron chi connectivity index (χ0n) is 16.0. The van der Waals surface area contributed by atoms with E-state index in [-0.39, 0.29) is 39.9 Å². The fraction of sp³-hybridized carbons (Fsp3) is 0.263. The summed E-state index contributed by atoms with van der Waals surface area (Å²) in [5, 5.41) is 9.18. The fourth-order valence-electron chi connectivity index (χ4n) is 2.45.